The van der Waals surface area contributed by atoms with Crippen LogP contribution in [0.15, 0.2) is 24.3 Å². The van der Waals surface area contributed by atoms with Gasteiger partial charge in [-0.15, -0.1) is 0 Å². The van der Waals surface area contributed by atoms with E-state index in [1.54, 1.807) is 29.2 Å². The summed E-state index contributed by atoms with van der Waals surface area (Å²) in [6, 6.07) is 6.73. The minimum atomic E-state index is -3.40. The first-order valence-electron chi connectivity index (χ1n) is 6.73. The summed E-state index contributed by atoms with van der Waals surface area (Å²) in [4.78, 5) is 14.3. The van der Waals surface area contributed by atoms with E-state index >= 15 is 0 Å². The van der Waals surface area contributed by atoms with Crippen LogP contribution in [-0.4, -0.2) is 38.6 Å². The van der Waals surface area contributed by atoms with Gasteiger partial charge in [0.25, 0.3) is 5.91 Å². The lowest BCUT2D eigenvalue weighted by molar-refractivity contribution is 0.0684. The number of nitrogens with one attached hydrogen (secondary N) is 1. The van der Waals surface area contributed by atoms with Crippen molar-refractivity contribution in [2.24, 2.45) is 5.92 Å². The summed E-state index contributed by atoms with van der Waals surface area (Å²) in [6.45, 7) is 3.59. The molecule has 0 aromatic heterocycles. The molecule has 0 spiro atoms. The fourth-order valence-electron chi connectivity index (χ4n) is 2.50. The third kappa shape index (κ3) is 3.72. The van der Waals surface area contributed by atoms with Crippen LogP contribution in [0.4, 0.5) is 5.69 Å². The molecule has 0 aliphatic carbocycles. The molecule has 20 heavy (non-hydrogen) atoms. The lowest BCUT2D eigenvalue weighted by atomic mass is 9.99. The van der Waals surface area contributed by atoms with Crippen LogP contribution in [-0.2, 0) is 10.0 Å². The average Bonchev–Trinajstić information content (AvgIpc) is 2.37. The highest BCUT2D eigenvalue weighted by molar-refractivity contribution is 7.92. The minimum absolute atomic E-state index is 0.108. The van der Waals surface area contributed by atoms with Gasteiger partial charge in [-0.25, -0.2) is 8.42 Å². The first kappa shape index (κ1) is 14.8. The van der Waals surface area contributed by atoms with Gasteiger partial charge in [0, 0.05) is 13.1 Å². The number of sulfonamides is 1. The molecule has 1 amide bonds. The van der Waals surface area contributed by atoms with Crippen LogP contribution in [0.1, 0.15) is 30.1 Å². The van der Waals surface area contributed by atoms with E-state index in [1.807, 2.05) is 0 Å². The van der Waals surface area contributed by atoms with Crippen molar-refractivity contribution in [2.75, 3.05) is 24.1 Å². The highest BCUT2D eigenvalue weighted by atomic mass is 32.2. The maximum Gasteiger partial charge on any atom is 0.255 e. The lowest BCUT2D eigenvalue weighted by Gasteiger charge is -2.31. The van der Waals surface area contributed by atoms with Crippen LogP contribution in [0, 0.1) is 5.92 Å². The standard InChI is InChI=1S/C14H20N2O3S/c1-11-6-5-9-16(10-11)14(17)12-7-3-4-8-13(12)15-20(2,18)19/h3-4,7-8,11,15H,5-6,9-10H2,1-2H3/t11-/m1/s1. The van der Waals surface area contributed by atoms with Gasteiger partial charge >= 0.3 is 0 Å². The van der Waals surface area contributed by atoms with Crippen molar-refractivity contribution in [3.8, 4) is 0 Å². The van der Waals surface area contributed by atoms with E-state index in [0.717, 1.165) is 32.2 Å². The van der Waals surface area contributed by atoms with E-state index in [1.165, 1.54) is 0 Å². The average molecular weight is 296 g/mol. The Labute approximate surface area is 120 Å². The summed E-state index contributed by atoms with van der Waals surface area (Å²) in [5.41, 5.74) is 0.755. The number of rotatable bonds is 3. The number of hydrogen-bond donors (Lipinski definition) is 1. The molecule has 1 aromatic carbocycles. The van der Waals surface area contributed by atoms with Crippen molar-refractivity contribution in [2.45, 2.75) is 19.8 Å². The maximum absolute atomic E-state index is 12.5. The molecule has 1 atom stereocenters. The second-order valence-corrected chi connectivity index (χ2v) is 7.17. The number of carbonyl (C=O) groups is 1. The zero-order chi connectivity index (χ0) is 14.8. The zero-order valence-corrected chi connectivity index (χ0v) is 12.6. The highest BCUT2D eigenvalue weighted by Gasteiger charge is 2.24. The number of amides is 1. The van der Waals surface area contributed by atoms with Gasteiger partial charge in [0.05, 0.1) is 17.5 Å². The molecule has 1 N–H and O–H groups in total. The molecule has 0 radical (unpaired) electrons. The van der Waals surface area contributed by atoms with Gasteiger partial charge in [0.1, 0.15) is 0 Å². The SMILES string of the molecule is C[C@@H]1CCCN(C(=O)c2ccccc2NS(C)(=O)=O)C1. The molecule has 6 heteroatoms. The molecule has 1 saturated heterocycles. The first-order valence-corrected chi connectivity index (χ1v) is 8.62. The van der Waals surface area contributed by atoms with Gasteiger partial charge in [0.2, 0.25) is 10.0 Å². The molecule has 1 aliphatic rings. The van der Waals surface area contributed by atoms with E-state index in [-0.39, 0.29) is 5.91 Å². The van der Waals surface area contributed by atoms with Crippen LogP contribution >= 0.6 is 0 Å². The fraction of sp³-hybridized carbons (Fsp3) is 0.500. The molecule has 1 aliphatic heterocycles. The third-order valence-corrected chi connectivity index (χ3v) is 3.99. The second-order valence-electron chi connectivity index (χ2n) is 5.42. The molecular formula is C14H20N2O3S. The van der Waals surface area contributed by atoms with Gasteiger partial charge in [-0.05, 0) is 30.9 Å². The number of benzene rings is 1. The van der Waals surface area contributed by atoms with Crippen molar-refractivity contribution in [3.63, 3.8) is 0 Å². The number of hydrogen-bond acceptors (Lipinski definition) is 3. The summed E-state index contributed by atoms with van der Waals surface area (Å²) in [5.74, 6) is 0.381. The van der Waals surface area contributed by atoms with Crippen molar-refractivity contribution < 1.29 is 13.2 Å². The molecule has 1 heterocycles. The largest absolute Gasteiger partial charge is 0.338 e. The number of para-hydroxylation sites is 1. The molecule has 0 unspecified atom stereocenters. The third-order valence-electron chi connectivity index (χ3n) is 3.40. The molecule has 0 bridgehead atoms. The summed E-state index contributed by atoms with van der Waals surface area (Å²) in [6.07, 6.45) is 3.21. The molecule has 0 saturated carbocycles. The van der Waals surface area contributed by atoms with Crippen LogP contribution in [0.25, 0.3) is 0 Å². The monoisotopic (exact) mass is 296 g/mol. The summed E-state index contributed by atoms with van der Waals surface area (Å²) >= 11 is 0. The minimum Gasteiger partial charge on any atom is -0.338 e. The van der Waals surface area contributed by atoms with E-state index in [0.29, 0.717) is 17.2 Å². The van der Waals surface area contributed by atoms with Crippen LogP contribution in [0.2, 0.25) is 0 Å². The van der Waals surface area contributed by atoms with E-state index < -0.39 is 10.0 Å². The van der Waals surface area contributed by atoms with Crippen molar-refractivity contribution >= 4 is 21.6 Å². The van der Waals surface area contributed by atoms with Gasteiger partial charge in [0.15, 0.2) is 0 Å². The normalized spacial score (nSPS) is 19.7. The molecule has 2 rings (SSSR count). The Bertz CT molecular complexity index is 598. The second kappa shape index (κ2) is 5.83. The number of carbonyl (C=O) groups excluding carboxylic acids is 1. The van der Waals surface area contributed by atoms with E-state index in [9.17, 15) is 13.2 Å². The van der Waals surface area contributed by atoms with Crippen molar-refractivity contribution in [1.29, 1.82) is 0 Å². The topological polar surface area (TPSA) is 66.5 Å². The summed E-state index contributed by atoms with van der Waals surface area (Å²) < 4.78 is 25.1. The Morgan fingerprint density at radius 2 is 2.05 bits per heavy atom. The number of anilines is 1. The lowest BCUT2D eigenvalue weighted by Crippen LogP contribution is -2.39. The summed E-state index contributed by atoms with van der Waals surface area (Å²) in [7, 11) is -3.40. The number of likely N-dealkylation sites (tertiary alicyclic amines) is 1. The molecule has 1 aromatic rings. The Morgan fingerprint density at radius 3 is 2.70 bits per heavy atom. The fourth-order valence-corrected chi connectivity index (χ4v) is 3.08. The quantitative estimate of drug-likeness (QED) is 0.927. The van der Waals surface area contributed by atoms with Gasteiger partial charge in [-0.2, -0.15) is 0 Å². The zero-order valence-electron chi connectivity index (χ0n) is 11.8. The van der Waals surface area contributed by atoms with Crippen molar-refractivity contribution in [1.82, 2.24) is 4.90 Å². The first-order chi connectivity index (χ1) is 9.37. The molecular weight excluding hydrogens is 276 g/mol. The van der Waals surface area contributed by atoms with Crippen molar-refractivity contribution in [3.05, 3.63) is 29.8 Å². The molecule has 5 nitrogen and oxygen atoms in total. The Balaban J connectivity index is 2.25. The number of piperidine rings is 1. The Morgan fingerprint density at radius 1 is 1.35 bits per heavy atom. The van der Waals surface area contributed by atoms with Gasteiger partial charge in [-0.3, -0.25) is 9.52 Å². The van der Waals surface area contributed by atoms with Crippen LogP contribution in [0.5, 0.6) is 0 Å². The predicted octanol–water partition coefficient (Wildman–Crippen LogP) is 1.93. The smallest absolute Gasteiger partial charge is 0.255 e. The Hall–Kier alpha value is -1.56. The van der Waals surface area contributed by atoms with E-state index in [4.69, 9.17) is 0 Å². The van der Waals surface area contributed by atoms with Crippen LogP contribution < -0.4 is 4.72 Å². The van der Waals surface area contributed by atoms with Crippen LogP contribution in [0.3, 0.4) is 0 Å². The molecule has 1 fully saturated rings. The highest BCUT2D eigenvalue weighted by Crippen LogP contribution is 2.22. The molecule has 110 valence electrons. The maximum atomic E-state index is 12.5. The van der Waals surface area contributed by atoms with E-state index in [2.05, 4.69) is 11.6 Å². The Kier molecular flexibility index (Phi) is 4.32. The predicted molar refractivity (Wildman–Crippen MR) is 79.2 cm³/mol. The van der Waals surface area contributed by atoms with Gasteiger partial charge in [-0.1, -0.05) is 19.1 Å². The van der Waals surface area contributed by atoms with Gasteiger partial charge < -0.3 is 4.90 Å². The summed E-state index contributed by atoms with van der Waals surface area (Å²) in [5, 5.41) is 0. The number of nitrogens with zero attached hydrogens (tertiary/aromatic N) is 1.